The molecule has 0 unspecified atom stereocenters. The second-order valence-electron chi connectivity index (χ2n) is 7.07. The molecule has 0 spiro atoms. The van der Waals surface area contributed by atoms with Gasteiger partial charge in [0.15, 0.2) is 0 Å². The second-order valence-corrected chi connectivity index (χ2v) is 9.37. The van der Waals surface area contributed by atoms with Crippen LogP contribution in [0.2, 0.25) is 5.02 Å². The number of ether oxygens (including phenoxy) is 1. The third kappa shape index (κ3) is 6.11. The molecule has 158 valence electrons. The summed E-state index contributed by atoms with van der Waals surface area (Å²) in [6, 6.07) is 9.87. The van der Waals surface area contributed by atoms with E-state index in [1.165, 1.54) is 0 Å². The summed E-state index contributed by atoms with van der Waals surface area (Å²) in [6.07, 6.45) is 1.07. The van der Waals surface area contributed by atoms with Gasteiger partial charge in [-0.2, -0.15) is 0 Å². The normalized spacial score (nSPS) is 12.3. The van der Waals surface area contributed by atoms with Crippen LogP contribution in [0.5, 0.6) is 5.75 Å². The lowest BCUT2D eigenvalue weighted by Gasteiger charge is -2.29. The van der Waals surface area contributed by atoms with Gasteiger partial charge in [-0.1, -0.05) is 35.4 Å². The molecule has 1 N–H and O–H groups in total. The van der Waals surface area contributed by atoms with Crippen LogP contribution in [0.25, 0.3) is 0 Å². The Balaban J connectivity index is 2.05. The number of hydrogen-bond donors (Lipinski definition) is 1. The summed E-state index contributed by atoms with van der Waals surface area (Å²) >= 11 is 6.04. The Bertz CT molecular complexity index is 992. The minimum atomic E-state index is -3.70. The third-order valence-electron chi connectivity index (χ3n) is 4.49. The molecular weight excluding hydrogens is 412 g/mol. The molecule has 0 aliphatic carbocycles. The van der Waals surface area contributed by atoms with Gasteiger partial charge in [-0.25, -0.2) is 8.42 Å². The molecule has 2 rings (SSSR count). The summed E-state index contributed by atoms with van der Waals surface area (Å²) in [7, 11) is -3.70. The maximum Gasteiger partial charge on any atom is 0.243 e. The molecule has 1 atom stereocenters. The van der Waals surface area contributed by atoms with Crippen molar-refractivity contribution in [3.8, 4) is 5.75 Å². The zero-order valence-electron chi connectivity index (χ0n) is 17.3. The highest BCUT2D eigenvalue weighted by atomic mass is 35.5. The highest BCUT2D eigenvalue weighted by Gasteiger charge is 2.30. The fourth-order valence-corrected chi connectivity index (χ4v) is 4.44. The van der Waals surface area contributed by atoms with Gasteiger partial charge in [-0.15, -0.1) is 0 Å². The molecule has 6 nitrogen and oxygen atoms in total. The molecule has 0 fully saturated rings. The number of carbonyl (C=O) groups is 1. The van der Waals surface area contributed by atoms with Gasteiger partial charge < -0.3 is 10.1 Å². The maximum atomic E-state index is 12.6. The predicted molar refractivity (Wildman–Crippen MR) is 117 cm³/mol. The smallest absolute Gasteiger partial charge is 0.243 e. The fourth-order valence-electron chi connectivity index (χ4n) is 3.05. The number of anilines is 1. The first-order chi connectivity index (χ1) is 13.5. The molecule has 2 aromatic carbocycles. The fraction of sp³-hybridized carbons (Fsp3) is 0.381. The average Bonchev–Trinajstić information content (AvgIpc) is 2.61. The molecule has 0 bridgehead atoms. The molecule has 0 aromatic heterocycles. The van der Waals surface area contributed by atoms with Gasteiger partial charge in [-0.3, -0.25) is 9.10 Å². The molecule has 2 aromatic rings. The Morgan fingerprint density at radius 1 is 1.14 bits per heavy atom. The van der Waals surface area contributed by atoms with E-state index in [0.717, 1.165) is 27.4 Å². The van der Waals surface area contributed by atoms with Crippen molar-refractivity contribution < 1.29 is 17.9 Å². The maximum absolute atomic E-state index is 12.6. The number of benzene rings is 2. The first-order valence-corrected chi connectivity index (χ1v) is 11.5. The van der Waals surface area contributed by atoms with Crippen LogP contribution < -0.4 is 14.4 Å². The summed E-state index contributed by atoms with van der Waals surface area (Å²) in [5.74, 6) is 0.337. The van der Waals surface area contributed by atoms with Crippen LogP contribution in [-0.4, -0.2) is 39.8 Å². The second kappa shape index (κ2) is 9.50. The number of carbonyl (C=O) groups excluding carboxylic acids is 1. The number of nitrogens with one attached hydrogen (secondary N) is 1. The van der Waals surface area contributed by atoms with E-state index in [0.29, 0.717) is 16.3 Å². The molecule has 1 amide bonds. The molecule has 0 aliphatic heterocycles. The average molecular weight is 439 g/mol. The van der Waals surface area contributed by atoms with Crippen LogP contribution in [0, 0.1) is 20.8 Å². The number of halogens is 1. The first kappa shape index (κ1) is 23.0. The molecule has 0 radical (unpaired) electrons. The van der Waals surface area contributed by atoms with E-state index in [4.69, 9.17) is 16.3 Å². The molecule has 0 saturated carbocycles. The first-order valence-electron chi connectivity index (χ1n) is 9.24. The highest BCUT2D eigenvalue weighted by molar-refractivity contribution is 7.92. The van der Waals surface area contributed by atoms with Crippen LogP contribution in [0.15, 0.2) is 36.4 Å². The van der Waals surface area contributed by atoms with Gasteiger partial charge in [0.2, 0.25) is 15.9 Å². The van der Waals surface area contributed by atoms with E-state index in [1.807, 2.05) is 32.0 Å². The number of rotatable bonds is 8. The van der Waals surface area contributed by atoms with Gasteiger partial charge in [-0.05, 0) is 57.0 Å². The Kier molecular flexibility index (Phi) is 7.54. The molecule has 8 heteroatoms. The van der Waals surface area contributed by atoms with Crippen LogP contribution >= 0.6 is 11.6 Å². The van der Waals surface area contributed by atoms with E-state index >= 15 is 0 Å². The Labute approximate surface area is 177 Å². The van der Waals surface area contributed by atoms with Crippen LogP contribution in [0.3, 0.4) is 0 Å². The van der Waals surface area contributed by atoms with Crippen molar-refractivity contribution in [2.75, 3.05) is 23.7 Å². The molecule has 0 aliphatic rings. The highest BCUT2D eigenvalue weighted by Crippen LogP contribution is 2.28. The summed E-state index contributed by atoms with van der Waals surface area (Å²) in [5.41, 5.74) is 3.25. The minimum Gasteiger partial charge on any atom is -0.491 e. The van der Waals surface area contributed by atoms with Crippen molar-refractivity contribution in [3.63, 3.8) is 0 Å². The predicted octanol–water partition coefficient (Wildman–Crippen LogP) is 3.61. The lowest BCUT2D eigenvalue weighted by molar-refractivity contribution is -0.121. The van der Waals surface area contributed by atoms with Gasteiger partial charge in [0.05, 0.1) is 18.5 Å². The van der Waals surface area contributed by atoms with Crippen molar-refractivity contribution in [2.45, 2.75) is 33.7 Å². The molecule has 0 heterocycles. The van der Waals surface area contributed by atoms with Crippen molar-refractivity contribution >= 4 is 33.2 Å². The van der Waals surface area contributed by atoms with Gasteiger partial charge in [0.1, 0.15) is 18.4 Å². The van der Waals surface area contributed by atoms with Crippen LogP contribution in [0.1, 0.15) is 23.6 Å². The quantitative estimate of drug-likeness (QED) is 0.639. The number of hydrogen-bond acceptors (Lipinski definition) is 4. The summed E-state index contributed by atoms with van der Waals surface area (Å²) < 4.78 is 31.6. The molecular formula is C21H27ClN2O4S. The third-order valence-corrected chi connectivity index (χ3v) is 5.95. The van der Waals surface area contributed by atoms with Crippen LogP contribution in [-0.2, 0) is 14.8 Å². The number of aryl methyl sites for hydroxylation is 3. The summed E-state index contributed by atoms with van der Waals surface area (Å²) in [6.45, 7) is 7.81. The Morgan fingerprint density at radius 3 is 2.45 bits per heavy atom. The van der Waals surface area contributed by atoms with Crippen molar-refractivity contribution in [2.24, 2.45) is 0 Å². The zero-order chi connectivity index (χ0) is 21.8. The SMILES string of the molecule is Cc1ccc(OCCNC(=O)[C@H](C)N(c2cc(Cl)ccc2C)S(C)(=O)=O)c(C)c1. The van der Waals surface area contributed by atoms with E-state index in [2.05, 4.69) is 5.32 Å². The van der Waals surface area contributed by atoms with Gasteiger partial charge in [0.25, 0.3) is 0 Å². The largest absolute Gasteiger partial charge is 0.491 e. The summed E-state index contributed by atoms with van der Waals surface area (Å²) in [5, 5.41) is 3.13. The zero-order valence-corrected chi connectivity index (χ0v) is 18.9. The topological polar surface area (TPSA) is 75.7 Å². The van der Waals surface area contributed by atoms with Crippen LogP contribution in [0.4, 0.5) is 5.69 Å². The van der Waals surface area contributed by atoms with E-state index in [9.17, 15) is 13.2 Å². The minimum absolute atomic E-state index is 0.253. The lowest BCUT2D eigenvalue weighted by Crippen LogP contribution is -2.48. The number of amides is 1. The molecule has 29 heavy (non-hydrogen) atoms. The monoisotopic (exact) mass is 438 g/mol. The van der Waals surface area contributed by atoms with Crippen molar-refractivity contribution in [1.29, 1.82) is 0 Å². The number of sulfonamides is 1. The van der Waals surface area contributed by atoms with Gasteiger partial charge in [0, 0.05) is 5.02 Å². The Morgan fingerprint density at radius 2 is 1.83 bits per heavy atom. The standard InChI is InChI=1S/C21H27ClN2O4S/c1-14-6-9-20(16(3)12-14)28-11-10-23-21(25)17(4)24(29(5,26)27)19-13-18(22)8-7-15(19)2/h6-9,12-13,17H,10-11H2,1-5H3,(H,23,25)/t17-/m0/s1. The number of nitrogens with zero attached hydrogens (tertiary/aromatic N) is 1. The lowest BCUT2D eigenvalue weighted by atomic mass is 10.1. The van der Waals surface area contributed by atoms with E-state index < -0.39 is 22.0 Å². The summed E-state index contributed by atoms with van der Waals surface area (Å²) in [4.78, 5) is 12.6. The van der Waals surface area contributed by atoms with Gasteiger partial charge >= 0.3 is 0 Å². The molecule has 0 saturated heterocycles. The Hall–Kier alpha value is -2.25. The van der Waals surface area contributed by atoms with Crippen molar-refractivity contribution in [1.82, 2.24) is 5.32 Å². The van der Waals surface area contributed by atoms with E-state index in [-0.39, 0.29) is 13.2 Å². The van der Waals surface area contributed by atoms with Crippen molar-refractivity contribution in [3.05, 3.63) is 58.1 Å². The van der Waals surface area contributed by atoms with E-state index in [1.54, 1.807) is 32.0 Å².